The first-order chi connectivity index (χ1) is 33.6. The smallest absolute Gasteiger partial charge is 0.396 e. The van der Waals surface area contributed by atoms with Gasteiger partial charge in [0.25, 0.3) is 0 Å². The number of imidazole rings is 2. The van der Waals surface area contributed by atoms with Crippen LogP contribution in [0.3, 0.4) is 0 Å². The molecule has 0 aliphatic carbocycles. The molecule has 358 valence electrons. The van der Waals surface area contributed by atoms with Crippen LogP contribution in [0.15, 0.2) is 129 Å². The minimum absolute atomic E-state index is 0.0228. The Balaban J connectivity index is 0.000000134. The van der Waals surface area contributed by atoms with Crippen molar-refractivity contribution in [3.63, 3.8) is 0 Å². The summed E-state index contributed by atoms with van der Waals surface area (Å²) in [5.41, 5.74) is 7.70. The average molecular weight is 986 g/mol. The molecule has 20 nitrogen and oxygen atoms in total. The van der Waals surface area contributed by atoms with Gasteiger partial charge in [0.05, 0.1) is 42.5 Å². The maximum absolute atomic E-state index is 13.5. The second-order valence-corrected chi connectivity index (χ2v) is 18.7. The van der Waals surface area contributed by atoms with Crippen LogP contribution >= 0.6 is 11.8 Å². The minimum atomic E-state index is -3.70. The van der Waals surface area contributed by atoms with E-state index in [-0.39, 0.29) is 29.2 Å². The molecule has 3 aliphatic rings. The lowest BCUT2D eigenvalue weighted by atomic mass is 9.81. The number of Topliss-reactive ketones (excluding diaryl/α,β-unsaturated/α-hetero) is 1. The summed E-state index contributed by atoms with van der Waals surface area (Å²) in [6.45, 7) is 8.04. The zero-order chi connectivity index (χ0) is 49.4. The molecule has 70 heavy (non-hydrogen) atoms. The Hall–Kier alpha value is -8.08. The second-order valence-electron chi connectivity index (χ2n) is 16.2. The van der Waals surface area contributed by atoms with Gasteiger partial charge in [-0.25, -0.2) is 28.5 Å². The molecule has 3 N–H and O–H groups in total. The summed E-state index contributed by atoms with van der Waals surface area (Å²) in [5.74, 6) is 3.16. The number of primary sulfonamides is 1. The van der Waals surface area contributed by atoms with E-state index in [1.165, 1.54) is 31.1 Å². The van der Waals surface area contributed by atoms with Gasteiger partial charge < -0.3 is 47.9 Å². The number of ketones is 1. The zero-order valence-corrected chi connectivity index (χ0v) is 39.7. The zero-order valence-electron chi connectivity index (χ0n) is 38.1. The van der Waals surface area contributed by atoms with E-state index in [0.717, 1.165) is 56.6 Å². The number of hydrogen-bond acceptors (Lipinski definition) is 17. The molecule has 4 aromatic carbocycles. The van der Waals surface area contributed by atoms with Crippen molar-refractivity contribution in [2.24, 2.45) is 12.2 Å². The molecule has 0 fully saturated rings. The van der Waals surface area contributed by atoms with Gasteiger partial charge in [-0.15, -0.1) is 0 Å². The quantitative estimate of drug-likeness (QED) is 0.0604. The molecule has 11 rings (SSSR count). The molecule has 7 heterocycles. The molecule has 3 aliphatic heterocycles. The van der Waals surface area contributed by atoms with Crippen molar-refractivity contribution in [1.29, 1.82) is 0 Å². The number of nitrogens with zero attached hydrogens (tertiary/aromatic N) is 7. The fourth-order valence-electron chi connectivity index (χ4n) is 8.22. The van der Waals surface area contributed by atoms with Gasteiger partial charge in [-0.3, -0.25) is 4.79 Å². The number of methoxy groups -OCH3 is 2. The number of sulfonamides is 1. The number of nitrogens with two attached hydrogens (primary N) is 1. The SMILES string of the molecule is C=C(C)[C@H]1Cc2c(ccc3c2O[C@@H]2COc4cc(OC)c(OC)cc4[C@@H]2C3=O)O1.Cc1onc(-c2ccccc2)c1-c1ccc(S(N)(=O)=O)cc1.Cn1cnc([N+](=O)[O-])c1Sc1ncnc2nc[nH]c12. The molecule has 4 aromatic heterocycles. The van der Waals surface area contributed by atoms with Crippen molar-refractivity contribution < 1.29 is 46.3 Å². The predicted molar refractivity (Wildman–Crippen MR) is 255 cm³/mol. The number of H-pyrrole nitrogens is 1. The van der Waals surface area contributed by atoms with E-state index < -0.39 is 27.0 Å². The lowest BCUT2D eigenvalue weighted by molar-refractivity contribution is -0.392. The minimum Gasteiger partial charge on any atom is -0.493 e. The van der Waals surface area contributed by atoms with Gasteiger partial charge in [0.1, 0.15) is 64.4 Å². The molecule has 0 spiro atoms. The Bertz CT molecular complexity index is 3430. The summed E-state index contributed by atoms with van der Waals surface area (Å²) in [5, 5.41) is 21.1. The summed E-state index contributed by atoms with van der Waals surface area (Å²) >= 11 is 1.15. The number of fused-ring (bicyclic) bond motifs is 7. The number of nitrogens with one attached hydrogen (secondary N) is 1. The van der Waals surface area contributed by atoms with Crippen molar-refractivity contribution in [3.05, 3.63) is 143 Å². The second kappa shape index (κ2) is 19.1. The van der Waals surface area contributed by atoms with E-state index in [0.29, 0.717) is 62.0 Å². The number of ether oxygens (including phenoxy) is 5. The van der Waals surface area contributed by atoms with E-state index in [9.17, 15) is 23.3 Å². The number of nitro groups is 1. The number of carbonyl (C=O) groups excluding carboxylic acids is 1. The monoisotopic (exact) mass is 985 g/mol. The molecule has 3 atom stereocenters. The van der Waals surface area contributed by atoms with Gasteiger partial charge in [-0.1, -0.05) is 54.2 Å². The number of rotatable bonds is 9. The normalized spacial score (nSPS) is 16.3. The highest BCUT2D eigenvalue weighted by atomic mass is 32.2. The maximum atomic E-state index is 13.5. The van der Waals surface area contributed by atoms with E-state index in [1.54, 1.807) is 50.1 Å². The number of benzene rings is 4. The van der Waals surface area contributed by atoms with Crippen molar-refractivity contribution in [1.82, 2.24) is 34.6 Å². The van der Waals surface area contributed by atoms with Crippen LogP contribution in [-0.2, 0) is 23.5 Å². The molecule has 0 bridgehead atoms. The number of carbonyl (C=O) groups is 1. The van der Waals surface area contributed by atoms with E-state index in [1.807, 2.05) is 56.3 Å². The first-order valence-corrected chi connectivity index (χ1v) is 23.7. The third kappa shape index (κ3) is 9.01. The molecular weight excluding hydrogens is 943 g/mol. The van der Waals surface area contributed by atoms with E-state index in [4.69, 9.17) is 33.3 Å². The fraction of sp³-hybridized carbons (Fsp3) is 0.208. The molecule has 0 radical (unpaired) electrons. The van der Waals surface area contributed by atoms with Gasteiger partial charge in [0, 0.05) is 36.2 Å². The summed E-state index contributed by atoms with van der Waals surface area (Å²) in [6.07, 6.45) is 4.42. The highest BCUT2D eigenvalue weighted by molar-refractivity contribution is 7.99. The van der Waals surface area contributed by atoms with Crippen LogP contribution in [0.5, 0.6) is 28.7 Å². The van der Waals surface area contributed by atoms with Gasteiger partial charge in [0.15, 0.2) is 28.0 Å². The van der Waals surface area contributed by atoms with Crippen LogP contribution < -0.4 is 28.8 Å². The summed E-state index contributed by atoms with van der Waals surface area (Å²) in [6, 6.07) is 23.2. The molecular formula is C48H43N9O11S2. The first kappa shape index (κ1) is 47.0. The molecule has 0 amide bonds. The highest BCUT2D eigenvalue weighted by Gasteiger charge is 2.45. The average Bonchev–Trinajstić information content (AvgIpc) is 4.18. The van der Waals surface area contributed by atoms with E-state index >= 15 is 0 Å². The largest absolute Gasteiger partial charge is 0.493 e. The van der Waals surface area contributed by atoms with Crippen LogP contribution in [0.4, 0.5) is 5.82 Å². The van der Waals surface area contributed by atoms with Crippen LogP contribution in [0, 0.1) is 17.0 Å². The third-order valence-corrected chi connectivity index (χ3v) is 13.8. The Labute approximate surface area is 404 Å². The summed E-state index contributed by atoms with van der Waals surface area (Å²) < 4.78 is 58.6. The Kier molecular flexibility index (Phi) is 12.8. The molecule has 8 aromatic rings. The van der Waals surface area contributed by atoms with Crippen molar-refractivity contribution >= 4 is 44.6 Å². The van der Waals surface area contributed by atoms with Gasteiger partial charge in [0.2, 0.25) is 16.4 Å². The van der Waals surface area contributed by atoms with Crippen LogP contribution in [-0.4, -0.2) is 86.8 Å². The van der Waals surface area contributed by atoms with Crippen molar-refractivity contribution in [2.45, 2.75) is 53.3 Å². The maximum Gasteiger partial charge on any atom is 0.396 e. The topological polar surface area (TPSA) is 265 Å². The third-order valence-electron chi connectivity index (χ3n) is 11.7. The number of aromatic nitrogens is 7. The van der Waals surface area contributed by atoms with E-state index in [2.05, 4.69) is 36.7 Å². The molecule has 0 saturated carbocycles. The van der Waals surface area contributed by atoms with Crippen LogP contribution in [0.1, 0.15) is 40.1 Å². The number of aryl methyl sites for hydroxylation is 2. The lowest BCUT2D eigenvalue weighted by Gasteiger charge is -2.37. The fourth-order valence-corrected chi connectivity index (χ4v) is 9.68. The van der Waals surface area contributed by atoms with Crippen molar-refractivity contribution in [2.75, 3.05) is 20.8 Å². The van der Waals surface area contributed by atoms with Crippen molar-refractivity contribution in [3.8, 4) is 51.1 Å². The molecule has 22 heteroatoms. The number of hydrogen-bond donors (Lipinski definition) is 2. The Morgan fingerprint density at radius 3 is 2.41 bits per heavy atom. The predicted octanol–water partition coefficient (Wildman–Crippen LogP) is 7.81. The van der Waals surface area contributed by atoms with Gasteiger partial charge >= 0.3 is 5.82 Å². The molecule has 0 saturated heterocycles. The Morgan fingerprint density at radius 1 is 0.971 bits per heavy atom. The lowest BCUT2D eigenvalue weighted by Crippen LogP contribution is -2.43. The van der Waals surface area contributed by atoms with Crippen LogP contribution in [0.25, 0.3) is 33.5 Å². The summed E-state index contributed by atoms with van der Waals surface area (Å²) in [4.78, 5) is 42.8. The highest BCUT2D eigenvalue weighted by Crippen LogP contribution is 2.50. The number of aromatic amines is 1. The molecule has 0 unspecified atom stereocenters. The first-order valence-electron chi connectivity index (χ1n) is 21.3. The van der Waals surface area contributed by atoms with Crippen LogP contribution in [0.2, 0.25) is 0 Å². The Morgan fingerprint density at radius 2 is 1.71 bits per heavy atom. The van der Waals surface area contributed by atoms with Gasteiger partial charge in [-0.2, -0.15) is 0 Å². The standard InChI is InChI=1S/C23H22O6.C16H14N2O3S.C9H7N7O2S/c1-11(2)16-8-14-15(28-16)6-5-12-22(24)21-13-7-18(25-3)19(26-4)9-17(13)27-10-20(21)29-23(12)14;1-11-15(12-7-9-14(10-8-12)22(17,19)20)16(18-21-11)13-5-3-2-4-6-13;1-15-4-14-7(16(17)18)9(15)19-8-5-6(11-2-10-5)12-3-13-8/h5-7,9,16,20-21H,1,8,10H2,2-4H3;2-10H,1H3,(H2,17,19,20);2-4H,1H3,(H,10,11,12,13)/t16-,20-,21+;;/m1../s1. The van der Waals surface area contributed by atoms with Gasteiger partial charge in [-0.05, 0) is 77.0 Å². The summed E-state index contributed by atoms with van der Waals surface area (Å²) in [7, 11) is 1.13.